The molecule has 0 aliphatic heterocycles. The van der Waals surface area contributed by atoms with Crippen LogP contribution in [0.15, 0.2) is 30.4 Å². The van der Waals surface area contributed by atoms with Gasteiger partial charge in [0.15, 0.2) is 0 Å². The third-order valence-electron chi connectivity index (χ3n) is 1.97. The molecule has 0 atom stereocenters. The molecule has 0 unspecified atom stereocenters. The van der Waals surface area contributed by atoms with Crippen molar-refractivity contribution >= 4 is 11.9 Å². The van der Waals surface area contributed by atoms with E-state index in [2.05, 4.69) is 4.74 Å². The van der Waals surface area contributed by atoms with Gasteiger partial charge in [-0.3, -0.25) is 0 Å². The number of benzene rings is 1. The van der Waals surface area contributed by atoms with Crippen LogP contribution in [0.3, 0.4) is 0 Å². The molecule has 1 aromatic carbocycles. The maximum atomic E-state index is 12.8. The minimum atomic E-state index is -0.934. The van der Waals surface area contributed by atoms with E-state index in [1.165, 1.54) is 0 Å². The van der Waals surface area contributed by atoms with Crippen molar-refractivity contribution in [3.8, 4) is 5.75 Å². The molecule has 108 valence electrons. The zero-order valence-corrected chi connectivity index (χ0v) is 11.1. The van der Waals surface area contributed by atoms with Gasteiger partial charge >= 0.3 is 11.9 Å². The van der Waals surface area contributed by atoms with Gasteiger partial charge in [0.25, 0.3) is 0 Å². The first-order valence-corrected chi connectivity index (χ1v) is 5.89. The van der Waals surface area contributed by atoms with Gasteiger partial charge in [-0.05, 0) is 5.92 Å². The highest BCUT2D eigenvalue weighted by Crippen LogP contribution is 2.15. The molecular formula is C14H14F2O4. The van der Waals surface area contributed by atoms with Crippen molar-refractivity contribution in [1.29, 1.82) is 0 Å². The van der Waals surface area contributed by atoms with Crippen LogP contribution < -0.4 is 4.74 Å². The second-order valence-corrected chi connectivity index (χ2v) is 4.38. The van der Waals surface area contributed by atoms with E-state index in [4.69, 9.17) is 4.74 Å². The summed E-state index contributed by atoms with van der Waals surface area (Å²) < 4.78 is 35.1. The second-order valence-electron chi connectivity index (χ2n) is 4.38. The normalized spacial score (nSPS) is 10.8. The van der Waals surface area contributed by atoms with Crippen molar-refractivity contribution < 1.29 is 27.8 Å². The Kier molecular flexibility index (Phi) is 5.83. The van der Waals surface area contributed by atoms with E-state index in [0.29, 0.717) is 6.07 Å². The van der Waals surface area contributed by atoms with Crippen molar-refractivity contribution in [2.75, 3.05) is 6.61 Å². The zero-order valence-electron chi connectivity index (χ0n) is 11.1. The molecule has 0 saturated heterocycles. The summed E-state index contributed by atoms with van der Waals surface area (Å²) in [4.78, 5) is 22.5. The van der Waals surface area contributed by atoms with Gasteiger partial charge in [-0.15, -0.1) is 0 Å². The van der Waals surface area contributed by atoms with Crippen LogP contribution in [-0.2, 0) is 14.3 Å². The monoisotopic (exact) mass is 284 g/mol. The Morgan fingerprint density at radius 3 is 2.20 bits per heavy atom. The van der Waals surface area contributed by atoms with E-state index in [1.807, 2.05) is 13.8 Å². The van der Waals surface area contributed by atoms with Crippen LogP contribution in [0.25, 0.3) is 0 Å². The number of halogens is 2. The van der Waals surface area contributed by atoms with E-state index in [-0.39, 0.29) is 18.3 Å². The minimum absolute atomic E-state index is 0.176. The predicted octanol–water partition coefficient (Wildman–Crippen LogP) is 2.63. The smallest absolute Gasteiger partial charge is 0.336 e. The summed E-state index contributed by atoms with van der Waals surface area (Å²) in [7, 11) is 0. The molecule has 20 heavy (non-hydrogen) atoms. The van der Waals surface area contributed by atoms with Gasteiger partial charge < -0.3 is 9.47 Å². The van der Waals surface area contributed by atoms with E-state index >= 15 is 0 Å². The Morgan fingerprint density at radius 2 is 1.65 bits per heavy atom. The zero-order chi connectivity index (χ0) is 15.1. The summed E-state index contributed by atoms with van der Waals surface area (Å²) in [5.41, 5.74) is 0. The fourth-order valence-corrected chi connectivity index (χ4v) is 1.17. The van der Waals surface area contributed by atoms with Crippen LogP contribution >= 0.6 is 0 Å². The Balaban J connectivity index is 2.52. The summed E-state index contributed by atoms with van der Waals surface area (Å²) in [6.07, 6.45) is 1.71. The number of ether oxygens (including phenoxy) is 2. The summed E-state index contributed by atoms with van der Waals surface area (Å²) >= 11 is 0. The van der Waals surface area contributed by atoms with Gasteiger partial charge in [0.2, 0.25) is 0 Å². The number of hydrogen-bond acceptors (Lipinski definition) is 4. The highest BCUT2D eigenvalue weighted by Gasteiger charge is 2.06. The topological polar surface area (TPSA) is 52.6 Å². The van der Waals surface area contributed by atoms with Crippen LogP contribution in [0, 0.1) is 17.6 Å². The molecule has 1 aromatic rings. The molecule has 4 nitrogen and oxygen atoms in total. The molecule has 0 heterocycles. The quantitative estimate of drug-likeness (QED) is 0.474. The summed E-state index contributed by atoms with van der Waals surface area (Å²) in [6, 6.07) is 2.36. The lowest BCUT2D eigenvalue weighted by molar-refractivity contribution is -0.139. The molecule has 6 heteroatoms. The fraction of sp³-hybridized carbons (Fsp3) is 0.286. The van der Waals surface area contributed by atoms with Crippen molar-refractivity contribution in [3.63, 3.8) is 0 Å². The molecule has 0 bridgehead atoms. The number of carbonyl (C=O) groups excluding carboxylic acids is 2. The average Bonchev–Trinajstić information content (AvgIpc) is 2.32. The number of esters is 2. The highest BCUT2D eigenvalue weighted by atomic mass is 19.1. The maximum absolute atomic E-state index is 12.8. The summed E-state index contributed by atoms with van der Waals surface area (Å²) in [5, 5.41) is 0. The van der Waals surface area contributed by atoms with Gasteiger partial charge in [0.05, 0.1) is 6.61 Å². The predicted molar refractivity (Wildman–Crippen MR) is 66.9 cm³/mol. The molecule has 0 saturated carbocycles. The molecule has 0 aliphatic carbocycles. The van der Waals surface area contributed by atoms with Crippen molar-refractivity contribution in [1.82, 2.24) is 0 Å². The lowest BCUT2D eigenvalue weighted by Gasteiger charge is -2.04. The standard InChI is InChI=1S/C14H14F2O4/c1-9(2)8-19-13(17)3-4-14(18)20-12-6-10(15)5-11(16)7-12/h3-7,9H,8H2,1-2H3/b4-3+. The Labute approximate surface area is 115 Å². The third-order valence-corrected chi connectivity index (χ3v) is 1.97. The molecule has 0 amide bonds. The maximum Gasteiger partial charge on any atom is 0.336 e. The largest absolute Gasteiger partial charge is 0.462 e. The number of rotatable bonds is 5. The van der Waals surface area contributed by atoms with Gasteiger partial charge in [0, 0.05) is 30.4 Å². The van der Waals surface area contributed by atoms with Crippen LogP contribution in [0.1, 0.15) is 13.8 Å². The van der Waals surface area contributed by atoms with Crippen LogP contribution in [0.5, 0.6) is 5.75 Å². The fourth-order valence-electron chi connectivity index (χ4n) is 1.17. The Bertz CT molecular complexity index is 504. The molecule has 0 fully saturated rings. The van der Waals surface area contributed by atoms with E-state index in [9.17, 15) is 18.4 Å². The van der Waals surface area contributed by atoms with Crippen LogP contribution in [0.2, 0.25) is 0 Å². The highest BCUT2D eigenvalue weighted by molar-refractivity contribution is 5.92. The Morgan fingerprint density at radius 1 is 1.10 bits per heavy atom. The van der Waals surface area contributed by atoms with Crippen LogP contribution in [-0.4, -0.2) is 18.5 Å². The summed E-state index contributed by atoms with van der Waals surface area (Å²) in [5.74, 6) is -3.47. The van der Waals surface area contributed by atoms with Gasteiger partial charge in [-0.1, -0.05) is 13.8 Å². The lowest BCUT2D eigenvalue weighted by atomic mass is 10.2. The van der Waals surface area contributed by atoms with Gasteiger partial charge in [0.1, 0.15) is 17.4 Å². The Hall–Kier alpha value is -2.24. The SMILES string of the molecule is CC(C)COC(=O)/C=C/C(=O)Oc1cc(F)cc(F)c1. The number of hydrogen-bond donors (Lipinski definition) is 0. The molecule has 0 spiro atoms. The van der Waals surface area contributed by atoms with Gasteiger partial charge in [-0.25, -0.2) is 18.4 Å². The molecule has 0 aromatic heterocycles. The van der Waals surface area contributed by atoms with E-state index < -0.39 is 23.6 Å². The molecule has 0 N–H and O–H groups in total. The molecule has 0 aliphatic rings. The lowest BCUT2D eigenvalue weighted by Crippen LogP contribution is -2.09. The number of carbonyl (C=O) groups is 2. The molecule has 1 rings (SSSR count). The molecular weight excluding hydrogens is 270 g/mol. The van der Waals surface area contributed by atoms with Crippen molar-refractivity contribution in [2.45, 2.75) is 13.8 Å². The third kappa shape index (κ3) is 6.08. The first-order chi connectivity index (χ1) is 9.36. The van der Waals surface area contributed by atoms with Crippen molar-refractivity contribution in [2.24, 2.45) is 5.92 Å². The summed E-state index contributed by atoms with van der Waals surface area (Å²) in [6.45, 7) is 3.96. The van der Waals surface area contributed by atoms with Gasteiger partial charge in [-0.2, -0.15) is 0 Å². The van der Waals surface area contributed by atoms with Crippen molar-refractivity contribution in [3.05, 3.63) is 42.0 Å². The second kappa shape index (κ2) is 7.37. The van der Waals surface area contributed by atoms with E-state index in [1.54, 1.807) is 0 Å². The molecule has 0 radical (unpaired) electrons. The van der Waals surface area contributed by atoms with E-state index in [0.717, 1.165) is 24.3 Å². The first-order valence-electron chi connectivity index (χ1n) is 5.89. The first kappa shape index (κ1) is 15.8. The average molecular weight is 284 g/mol. The van der Waals surface area contributed by atoms with Crippen LogP contribution in [0.4, 0.5) is 8.78 Å². The minimum Gasteiger partial charge on any atom is -0.462 e.